The molecule has 0 aromatic heterocycles. The predicted octanol–water partition coefficient (Wildman–Crippen LogP) is 1.42. The number of rotatable bonds is 5. The van der Waals surface area contributed by atoms with E-state index in [1.807, 2.05) is 0 Å². The van der Waals surface area contributed by atoms with Gasteiger partial charge < -0.3 is 14.6 Å². The van der Waals surface area contributed by atoms with Gasteiger partial charge in [0, 0.05) is 6.61 Å². The fourth-order valence-corrected chi connectivity index (χ4v) is 1.15. The molecule has 1 aliphatic carbocycles. The Morgan fingerprint density at radius 2 is 1.82 bits per heavy atom. The van der Waals surface area contributed by atoms with E-state index in [4.69, 9.17) is 9.47 Å². The first-order chi connectivity index (χ1) is 7.91. The minimum Gasteiger partial charge on any atom is -0.609 e. The molecule has 0 heterocycles. The molecule has 0 saturated carbocycles. The van der Waals surface area contributed by atoms with Crippen molar-refractivity contribution in [3.05, 3.63) is 35.8 Å². The first kappa shape index (κ1) is 13.8. The fourth-order valence-electron chi connectivity index (χ4n) is 1.03. The third kappa shape index (κ3) is 4.65. The topological polar surface area (TPSA) is 58.6 Å². The van der Waals surface area contributed by atoms with E-state index in [9.17, 15) is 9.90 Å². The van der Waals surface area contributed by atoms with Crippen molar-refractivity contribution in [3.63, 3.8) is 0 Å². The predicted molar refractivity (Wildman–Crippen MR) is 65.2 cm³/mol. The van der Waals surface area contributed by atoms with Crippen LogP contribution in [0, 0.1) is 0 Å². The molecular formula is C12H14BrO4-. The van der Waals surface area contributed by atoms with Crippen LogP contribution in [0.15, 0.2) is 35.8 Å². The average molecular weight is 302 g/mol. The summed E-state index contributed by atoms with van der Waals surface area (Å²) in [7, 11) is 0. The summed E-state index contributed by atoms with van der Waals surface area (Å²) < 4.78 is 9.11. The molecule has 0 aromatic rings. The smallest absolute Gasteiger partial charge is 0.322 e. The molecular weight excluding hydrogens is 288 g/mol. The summed E-state index contributed by atoms with van der Waals surface area (Å²) in [6.07, 6.45) is 6.83. The maximum Gasteiger partial charge on any atom is 0.322 e. The van der Waals surface area contributed by atoms with Gasteiger partial charge in [0.05, 0.1) is 5.95 Å². The van der Waals surface area contributed by atoms with E-state index >= 15 is 0 Å². The standard InChI is InChI=1S/C12H15BrO4/c1-12(2,13)11(15)17-8-7-16-10(14)9-5-3-4-6-9/h3-6,14H,7-8H2,1-2H3/p-1. The number of carbonyl (C=O) groups is 1. The Labute approximate surface area is 109 Å². The second-order valence-corrected chi connectivity index (χ2v) is 5.90. The van der Waals surface area contributed by atoms with Gasteiger partial charge in [0.2, 0.25) is 0 Å². The molecule has 1 rings (SSSR count). The van der Waals surface area contributed by atoms with E-state index in [0.717, 1.165) is 0 Å². The largest absolute Gasteiger partial charge is 0.609 e. The van der Waals surface area contributed by atoms with Gasteiger partial charge in [-0.25, -0.2) is 0 Å². The van der Waals surface area contributed by atoms with Crippen LogP contribution in [0.3, 0.4) is 0 Å². The molecule has 0 fully saturated rings. The van der Waals surface area contributed by atoms with Crippen LogP contribution >= 0.6 is 15.9 Å². The van der Waals surface area contributed by atoms with Crippen molar-refractivity contribution >= 4 is 21.9 Å². The molecule has 17 heavy (non-hydrogen) atoms. The van der Waals surface area contributed by atoms with Crippen molar-refractivity contribution < 1.29 is 19.4 Å². The van der Waals surface area contributed by atoms with Gasteiger partial charge in [-0.15, -0.1) is 0 Å². The zero-order chi connectivity index (χ0) is 12.9. The van der Waals surface area contributed by atoms with Crippen LogP contribution in [0.5, 0.6) is 0 Å². The zero-order valence-corrected chi connectivity index (χ0v) is 11.3. The van der Waals surface area contributed by atoms with E-state index < -0.39 is 10.3 Å². The van der Waals surface area contributed by atoms with Crippen LogP contribution in [0.4, 0.5) is 0 Å². The van der Waals surface area contributed by atoms with E-state index in [1.165, 1.54) is 0 Å². The van der Waals surface area contributed by atoms with Gasteiger partial charge in [-0.3, -0.25) is 4.79 Å². The van der Waals surface area contributed by atoms with Crippen molar-refractivity contribution in [1.82, 2.24) is 0 Å². The van der Waals surface area contributed by atoms with E-state index in [0.29, 0.717) is 5.57 Å². The highest BCUT2D eigenvalue weighted by molar-refractivity contribution is 9.10. The lowest BCUT2D eigenvalue weighted by Gasteiger charge is -2.19. The van der Waals surface area contributed by atoms with Crippen molar-refractivity contribution in [2.24, 2.45) is 0 Å². The van der Waals surface area contributed by atoms with Crippen LogP contribution in [0.1, 0.15) is 13.8 Å². The Bertz CT molecular complexity index is 360. The normalized spacial score (nSPS) is 13.9. The van der Waals surface area contributed by atoms with Gasteiger partial charge in [-0.1, -0.05) is 40.2 Å². The molecule has 0 bridgehead atoms. The monoisotopic (exact) mass is 301 g/mol. The summed E-state index contributed by atoms with van der Waals surface area (Å²) in [5.74, 6) is -0.800. The highest BCUT2D eigenvalue weighted by Gasteiger charge is 2.24. The maximum atomic E-state index is 11.4. The molecule has 0 aromatic carbocycles. The van der Waals surface area contributed by atoms with Gasteiger partial charge in [0.25, 0.3) is 0 Å². The van der Waals surface area contributed by atoms with Gasteiger partial charge in [-0.05, 0) is 19.4 Å². The number of halogens is 1. The molecule has 1 aliphatic rings. The van der Waals surface area contributed by atoms with Gasteiger partial charge in [0.15, 0.2) is 0 Å². The molecule has 0 saturated heterocycles. The summed E-state index contributed by atoms with van der Waals surface area (Å²) in [4.78, 5) is 11.3. The number of ether oxygens (including phenoxy) is 2. The summed E-state index contributed by atoms with van der Waals surface area (Å²) in [5, 5.41) is 11.4. The number of alkyl halides is 1. The molecule has 0 amide bonds. The molecule has 0 spiro atoms. The summed E-state index contributed by atoms with van der Waals surface area (Å²) in [6, 6.07) is 0. The summed E-state index contributed by atoms with van der Waals surface area (Å²) in [6.45, 7) is 3.48. The SMILES string of the molecule is CC(C)(Br)C(=O)OCCOC([O-])=C1C=CC=C1. The Hall–Kier alpha value is -1.23. The number of hydrogen-bond acceptors (Lipinski definition) is 4. The lowest BCUT2D eigenvalue weighted by molar-refractivity contribution is -0.358. The van der Waals surface area contributed by atoms with Crippen LogP contribution in [0.2, 0.25) is 0 Å². The molecule has 0 unspecified atom stereocenters. The van der Waals surface area contributed by atoms with Crippen LogP contribution in [0.25, 0.3) is 0 Å². The van der Waals surface area contributed by atoms with Crippen molar-refractivity contribution in [2.45, 2.75) is 18.2 Å². The first-order valence-electron chi connectivity index (χ1n) is 5.16. The van der Waals surface area contributed by atoms with Crippen LogP contribution in [-0.4, -0.2) is 23.5 Å². The number of esters is 1. The van der Waals surface area contributed by atoms with E-state index in [-0.39, 0.29) is 19.2 Å². The second-order valence-electron chi connectivity index (χ2n) is 3.92. The third-order valence-electron chi connectivity index (χ3n) is 1.93. The Morgan fingerprint density at radius 3 is 2.35 bits per heavy atom. The van der Waals surface area contributed by atoms with Crippen LogP contribution < -0.4 is 5.11 Å². The maximum absolute atomic E-state index is 11.4. The van der Waals surface area contributed by atoms with Crippen molar-refractivity contribution in [1.29, 1.82) is 0 Å². The fraction of sp³-hybridized carbons (Fsp3) is 0.417. The molecule has 94 valence electrons. The zero-order valence-electron chi connectivity index (χ0n) is 9.73. The minimum absolute atomic E-state index is 0.0544. The van der Waals surface area contributed by atoms with E-state index in [1.54, 1.807) is 38.2 Å². The number of allylic oxidation sites excluding steroid dienone is 5. The number of carbonyl (C=O) groups excluding carboxylic acids is 1. The lowest BCUT2D eigenvalue weighted by Crippen LogP contribution is -2.28. The second kappa shape index (κ2) is 5.91. The molecule has 0 aliphatic heterocycles. The van der Waals surface area contributed by atoms with Gasteiger partial charge >= 0.3 is 5.97 Å². The Kier molecular flexibility index (Phi) is 4.81. The highest BCUT2D eigenvalue weighted by atomic mass is 79.9. The minimum atomic E-state index is -0.720. The van der Waals surface area contributed by atoms with E-state index in [2.05, 4.69) is 15.9 Å². The Morgan fingerprint density at radius 1 is 1.29 bits per heavy atom. The molecule has 5 heteroatoms. The third-order valence-corrected chi connectivity index (χ3v) is 2.26. The molecule has 4 nitrogen and oxygen atoms in total. The van der Waals surface area contributed by atoms with Crippen molar-refractivity contribution in [3.8, 4) is 0 Å². The average Bonchev–Trinajstić information content (AvgIpc) is 2.75. The van der Waals surface area contributed by atoms with Crippen LogP contribution in [-0.2, 0) is 14.3 Å². The molecule has 0 N–H and O–H groups in total. The highest BCUT2D eigenvalue weighted by Crippen LogP contribution is 2.17. The molecule has 0 atom stereocenters. The first-order valence-corrected chi connectivity index (χ1v) is 5.95. The van der Waals surface area contributed by atoms with Gasteiger partial charge in [0.1, 0.15) is 10.9 Å². The quantitative estimate of drug-likeness (QED) is 0.333. The van der Waals surface area contributed by atoms with Gasteiger partial charge in [-0.2, -0.15) is 0 Å². The summed E-state index contributed by atoms with van der Waals surface area (Å²) in [5.41, 5.74) is 0.497. The summed E-state index contributed by atoms with van der Waals surface area (Å²) >= 11 is 3.17. The lowest BCUT2D eigenvalue weighted by atomic mass is 10.2. The van der Waals surface area contributed by atoms with Crippen molar-refractivity contribution in [2.75, 3.05) is 13.2 Å². The molecule has 0 radical (unpaired) electrons. The number of hydrogen-bond donors (Lipinski definition) is 0. The Balaban J connectivity index is 2.26.